The lowest BCUT2D eigenvalue weighted by Crippen LogP contribution is -2.44. The first-order chi connectivity index (χ1) is 13.3. The average molecular weight is 381 g/mol. The van der Waals surface area contributed by atoms with Gasteiger partial charge in [0, 0.05) is 24.1 Å². The molecule has 0 heterocycles. The normalized spacial score (nSPS) is 10.3. The van der Waals surface area contributed by atoms with Gasteiger partial charge in [0.1, 0.15) is 0 Å². The lowest BCUT2D eigenvalue weighted by Gasteiger charge is -2.11. The molecule has 0 spiro atoms. The maximum atomic E-state index is 12.3. The van der Waals surface area contributed by atoms with Crippen LogP contribution in [0, 0.1) is 27.7 Å². The third-order valence-corrected chi connectivity index (χ3v) is 4.44. The number of ketones is 1. The summed E-state index contributed by atoms with van der Waals surface area (Å²) in [5.74, 6) is -0.855. The number of Topliss-reactive ketones (excluding diaryl/α,β-unsaturated/α-hetero) is 1. The third-order valence-electron chi connectivity index (χ3n) is 4.44. The van der Waals surface area contributed by atoms with E-state index in [0.717, 1.165) is 27.9 Å². The summed E-state index contributed by atoms with van der Waals surface area (Å²) in [7, 11) is 0. The molecule has 0 unspecified atom stereocenters. The zero-order valence-electron chi connectivity index (χ0n) is 16.8. The van der Waals surface area contributed by atoms with Crippen LogP contribution in [0.4, 0.5) is 5.69 Å². The van der Waals surface area contributed by atoms with E-state index in [-0.39, 0.29) is 31.1 Å². The summed E-state index contributed by atoms with van der Waals surface area (Å²) in [5.41, 5.74) is 10.3. The van der Waals surface area contributed by atoms with Crippen LogP contribution in [0.5, 0.6) is 0 Å². The zero-order valence-corrected chi connectivity index (χ0v) is 16.8. The smallest absolute Gasteiger partial charge is 0.257 e. The van der Waals surface area contributed by atoms with Crippen molar-refractivity contribution in [2.45, 2.75) is 40.5 Å². The number of aryl methyl sites for hydroxylation is 4. The maximum Gasteiger partial charge on any atom is 0.257 e. The van der Waals surface area contributed by atoms with Crippen molar-refractivity contribution >= 4 is 23.3 Å². The van der Waals surface area contributed by atoms with Crippen LogP contribution >= 0.6 is 0 Å². The van der Waals surface area contributed by atoms with Gasteiger partial charge < -0.3 is 5.32 Å². The quantitative estimate of drug-likeness (QED) is 0.508. The molecule has 6 nitrogen and oxygen atoms in total. The minimum Gasteiger partial charge on any atom is -0.376 e. The van der Waals surface area contributed by atoms with Gasteiger partial charge in [-0.1, -0.05) is 35.4 Å². The molecule has 3 N–H and O–H groups in total. The van der Waals surface area contributed by atoms with E-state index in [1.807, 2.05) is 64.1 Å². The van der Waals surface area contributed by atoms with Gasteiger partial charge in [0.15, 0.2) is 5.78 Å². The first-order valence-electron chi connectivity index (χ1n) is 9.25. The maximum absolute atomic E-state index is 12.3. The van der Waals surface area contributed by atoms with Gasteiger partial charge in [-0.05, 0) is 51.0 Å². The van der Waals surface area contributed by atoms with Crippen molar-refractivity contribution in [1.29, 1.82) is 0 Å². The largest absolute Gasteiger partial charge is 0.376 e. The van der Waals surface area contributed by atoms with Gasteiger partial charge in [-0.2, -0.15) is 0 Å². The van der Waals surface area contributed by atoms with E-state index in [9.17, 15) is 14.4 Å². The van der Waals surface area contributed by atoms with Gasteiger partial charge in [0.25, 0.3) is 5.91 Å². The van der Waals surface area contributed by atoms with Gasteiger partial charge in [-0.25, -0.2) is 0 Å². The van der Waals surface area contributed by atoms with Gasteiger partial charge >= 0.3 is 0 Å². The van der Waals surface area contributed by atoms with Crippen molar-refractivity contribution in [2.24, 2.45) is 0 Å². The van der Waals surface area contributed by atoms with Crippen molar-refractivity contribution in [1.82, 2.24) is 10.9 Å². The summed E-state index contributed by atoms with van der Waals surface area (Å²) in [5, 5.41) is 3.03. The van der Waals surface area contributed by atoms with E-state index in [0.29, 0.717) is 5.56 Å². The van der Waals surface area contributed by atoms with Crippen LogP contribution in [0.1, 0.15) is 45.5 Å². The molecular weight excluding hydrogens is 354 g/mol. The highest BCUT2D eigenvalue weighted by Gasteiger charge is 2.12. The molecule has 2 aromatic rings. The summed E-state index contributed by atoms with van der Waals surface area (Å²) >= 11 is 0. The van der Waals surface area contributed by atoms with Crippen molar-refractivity contribution < 1.29 is 14.4 Å². The molecule has 2 rings (SSSR count). The van der Waals surface area contributed by atoms with Crippen LogP contribution in [0.3, 0.4) is 0 Å². The molecule has 148 valence electrons. The first kappa shape index (κ1) is 21.2. The average Bonchev–Trinajstić information content (AvgIpc) is 2.65. The Morgan fingerprint density at radius 1 is 0.750 bits per heavy atom. The Labute approximate surface area is 165 Å². The molecule has 0 saturated heterocycles. The molecule has 0 saturated carbocycles. The molecule has 0 fully saturated rings. The number of carbonyl (C=O) groups is 3. The second kappa shape index (κ2) is 9.69. The zero-order chi connectivity index (χ0) is 20.7. The summed E-state index contributed by atoms with van der Waals surface area (Å²) in [4.78, 5) is 36.1. The minimum absolute atomic E-state index is 0.0109. The molecule has 2 aromatic carbocycles. The summed E-state index contributed by atoms with van der Waals surface area (Å²) < 4.78 is 0. The molecule has 0 radical (unpaired) electrons. The Hall–Kier alpha value is -3.15. The third kappa shape index (κ3) is 6.23. The second-order valence-corrected chi connectivity index (χ2v) is 7.01. The highest BCUT2D eigenvalue weighted by Crippen LogP contribution is 2.15. The molecule has 0 aliphatic carbocycles. The van der Waals surface area contributed by atoms with E-state index in [1.54, 1.807) is 0 Å². The number of hydrazine groups is 1. The van der Waals surface area contributed by atoms with E-state index < -0.39 is 5.91 Å². The van der Waals surface area contributed by atoms with E-state index >= 15 is 0 Å². The fraction of sp³-hybridized carbons (Fsp3) is 0.318. The Morgan fingerprint density at radius 3 is 2.11 bits per heavy atom. The van der Waals surface area contributed by atoms with Crippen LogP contribution in [0.2, 0.25) is 0 Å². The van der Waals surface area contributed by atoms with Crippen molar-refractivity contribution in [3.05, 3.63) is 64.2 Å². The predicted molar refractivity (Wildman–Crippen MR) is 110 cm³/mol. The molecule has 0 aliphatic rings. The number of carbonyl (C=O) groups excluding carboxylic acids is 3. The van der Waals surface area contributed by atoms with Crippen LogP contribution < -0.4 is 16.2 Å². The van der Waals surface area contributed by atoms with E-state index in [4.69, 9.17) is 0 Å². The standard InChI is InChI=1S/C22H27N3O3/c1-14-6-8-19(17(4)11-14)23-13-22(28)25-24-21(27)10-9-20(26)18-12-15(2)5-7-16(18)3/h5-8,11-12,23H,9-10,13H2,1-4H3,(H,24,27)(H,25,28). The van der Waals surface area contributed by atoms with E-state index in [2.05, 4.69) is 16.2 Å². The summed E-state index contributed by atoms with van der Waals surface area (Å²) in [6, 6.07) is 11.6. The molecule has 6 heteroatoms. The van der Waals surface area contributed by atoms with Gasteiger partial charge in [-0.15, -0.1) is 0 Å². The lowest BCUT2D eigenvalue weighted by atomic mass is 9.99. The molecule has 0 bridgehead atoms. The van der Waals surface area contributed by atoms with Crippen LogP contribution in [-0.4, -0.2) is 24.1 Å². The Kier molecular flexibility index (Phi) is 7.32. The molecule has 0 aromatic heterocycles. The molecule has 0 aliphatic heterocycles. The predicted octanol–water partition coefficient (Wildman–Crippen LogP) is 3.14. The molecule has 2 amide bonds. The minimum atomic E-state index is -0.404. The number of nitrogens with one attached hydrogen (secondary N) is 3. The topological polar surface area (TPSA) is 87.3 Å². The fourth-order valence-corrected chi connectivity index (χ4v) is 2.83. The van der Waals surface area contributed by atoms with Crippen LogP contribution in [0.15, 0.2) is 36.4 Å². The van der Waals surface area contributed by atoms with Crippen molar-refractivity contribution in [3.8, 4) is 0 Å². The van der Waals surface area contributed by atoms with Gasteiger partial charge in [0.2, 0.25) is 5.91 Å². The van der Waals surface area contributed by atoms with Crippen molar-refractivity contribution in [2.75, 3.05) is 11.9 Å². The summed E-state index contributed by atoms with van der Waals surface area (Å²) in [6.07, 6.45) is 0.101. The highest BCUT2D eigenvalue weighted by atomic mass is 16.2. The lowest BCUT2D eigenvalue weighted by molar-refractivity contribution is -0.128. The van der Waals surface area contributed by atoms with Gasteiger partial charge in [0.05, 0.1) is 6.54 Å². The first-order valence-corrected chi connectivity index (χ1v) is 9.25. The second-order valence-electron chi connectivity index (χ2n) is 7.01. The number of benzene rings is 2. The number of hydrogen-bond acceptors (Lipinski definition) is 4. The van der Waals surface area contributed by atoms with Crippen LogP contribution in [-0.2, 0) is 9.59 Å². The monoisotopic (exact) mass is 381 g/mol. The SMILES string of the molecule is Cc1ccc(NCC(=O)NNC(=O)CCC(=O)c2cc(C)ccc2C)c(C)c1. The highest BCUT2D eigenvalue weighted by molar-refractivity contribution is 5.99. The number of hydrogen-bond donors (Lipinski definition) is 3. The number of amides is 2. The molecule has 28 heavy (non-hydrogen) atoms. The Morgan fingerprint density at radius 2 is 1.39 bits per heavy atom. The van der Waals surface area contributed by atoms with Gasteiger partial charge in [-0.3, -0.25) is 25.2 Å². The molecular formula is C22H27N3O3. The summed E-state index contributed by atoms with van der Waals surface area (Å²) in [6.45, 7) is 7.79. The van der Waals surface area contributed by atoms with Crippen molar-refractivity contribution in [3.63, 3.8) is 0 Å². The molecule has 0 atom stereocenters. The number of anilines is 1. The van der Waals surface area contributed by atoms with Crippen LogP contribution in [0.25, 0.3) is 0 Å². The van der Waals surface area contributed by atoms with E-state index in [1.165, 1.54) is 0 Å². The Bertz CT molecular complexity index is 891. The fourth-order valence-electron chi connectivity index (χ4n) is 2.83. The Balaban J connectivity index is 1.73. The number of rotatable bonds is 7.